The molecule has 0 amide bonds. The Hall–Kier alpha value is -1.85. The number of benzene rings is 2. The number of nitrogens with one attached hydrogen (secondary N) is 3. The Labute approximate surface area is 203 Å². The lowest BCUT2D eigenvalue weighted by atomic mass is 10.1. The highest BCUT2D eigenvalue weighted by atomic mass is 127. The van der Waals surface area contributed by atoms with Crippen molar-refractivity contribution < 1.29 is 13.2 Å². The molecule has 0 aliphatic heterocycles. The normalized spacial score (nSPS) is 11.7. The van der Waals surface area contributed by atoms with E-state index in [0.717, 1.165) is 29.0 Å². The predicted octanol–water partition coefficient (Wildman–Crippen LogP) is 3.40. The molecule has 0 aliphatic carbocycles. The molecular formula is C22H33IN4O3S. The average Bonchev–Trinajstić information content (AvgIpc) is 2.70. The van der Waals surface area contributed by atoms with Crippen molar-refractivity contribution in [1.82, 2.24) is 15.4 Å². The third kappa shape index (κ3) is 9.88. The van der Waals surface area contributed by atoms with Crippen molar-refractivity contribution in [2.45, 2.75) is 45.7 Å². The van der Waals surface area contributed by atoms with E-state index in [9.17, 15) is 8.42 Å². The average molecular weight is 561 g/mol. The Balaban J connectivity index is 0.00000480. The zero-order valence-corrected chi connectivity index (χ0v) is 21.7. The lowest BCUT2D eigenvalue weighted by Gasteiger charge is -2.15. The Morgan fingerprint density at radius 1 is 1.06 bits per heavy atom. The number of ether oxygens (including phenoxy) is 1. The van der Waals surface area contributed by atoms with Crippen molar-refractivity contribution in [3.05, 3.63) is 65.2 Å². The molecule has 0 saturated carbocycles. The summed E-state index contributed by atoms with van der Waals surface area (Å²) in [7, 11) is -1.75. The maximum absolute atomic E-state index is 12.3. The van der Waals surface area contributed by atoms with Crippen molar-refractivity contribution in [1.29, 1.82) is 0 Å². The number of sulfonamides is 1. The van der Waals surface area contributed by atoms with Crippen molar-refractivity contribution in [3.63, 3.8) is 0 Å². The molecule has 0 aliphatic rings. The summed E-state index contributed by atoms with van der Waals surface area (Å²) >= 11 is 0. The minimum absolute atomic E-state index is 0. The van der Waals surface area contributed by atoms with Gasteiger partial charge in [-0.3, -0.25) is 0 Å². The summed E-state index contributed by atoms with van der Waals surface area (Å²) in [4.78, 5) is 4.63. The van der Waals surface area contributed by atoms with E-state index in [2.05, 4.69) is 20.3 Å². The third-order valence-corrected chi connectivity index (χ3v) is 5.75. The molecule has 0 spiro atoms. The molecule has 0 aromatic heterocycles. The van der Waals surface area contributed by atoms with E-state index < -0.39 is 10.0 Å². The zero-order chi connectivity index (χ0) is 22.0. The second-order valence-electron chi connectivity index (χ2n) is 7.20. The number of nitrogens with zero attached hydrogens (tertiary/aromatic N) is 1. The quantitative estimate of drug-likeness (QED) is 0.236. The SMILES string of the molecule is CCNC(=NCc1cccc(OC)c1)NCc1ccccc1CS(=O)(=O)NC(C)C.I. The van der Waals surface area contributed by atoms with Gasteiger partial charge in [-0.15, -0.1) is 24.0 Å². The zero-order valence-electron chi connectivity index (χ0n) is 18.5. The largest absolute Gasteiger partial charge is 0.497 e. The number of hydrogen-bond donors (Lipinski definition) is 3. The van der Waals surface area contributed by atoms with Gasteiger partial charge in [-0.1, -0.05) is 36.4 Å². The van der Waals surface area contributed by atoms with Crippen LogP contribution < -0.4 is 20.1 Å². The minimum Gasteiger partial charge on any atom is -0.497 e. The highest BCUT2D eigenvalue weighted by Gasteiger charge is 2.15. The molecule has 2 rings (SSSR count). The first kappa shape index (κ1) is 27.2. The fourth-order valence-electron chi connectivity index (χ4n) is 2.94. The topological polar surface area (TPSA) is 91.8 Å². The second kappa shape index (κ2) is 13.5. The van der Waals surface area contributed by atoms with Crippen LogP contribution >= 0.6 is 24.0 Å². The van der Waals surface area contributed by atoms with Gasteiger partial charge in [0.15, 0.2) is 5.96 Å². The maximum atomic E-state index is 12.3. The van der Waals surface area contributed by atoms with Crippen LogP contribution in [-0.2, 0) is 28.9 Å². The van der Waals surface area contributed by atoms with Crippen LogP contribution in [0, 0.1) is 0 Å². The molecule has 0 bridgehead atoms. The number of guanidine groups is 1. The summed E-state index contributed by atoms with van der Waals surface area (Å²) in [5, 5.41) is 6.52. The van der Waals surface area contributed by atoms with Gasteiger partial charge in [0.25, 0.3) is 0 Å². The summed E-state index contributed by atoms with van der Waals surface area (Å²) in [5.41, 5.74) is 2.72. The van der Waals surface area contributed by atoms with Gasteiger partial charge in [0.05, 0.1) is 19.4 Å². The van der Waals surface area contributed by atoms with Crippen LogP contribution in [0.3, 0.4) is 0 Å². The lowest BCUT2D eigenvalue weighted by Crippen LogP contribution is -2.37. The van der Waals surface area contributed by atoms with E-state index in [1.807, 2.05) is 69.3 Å². The van der Waals surface area contributed by atoms with E-state index in [-0.39, 0.29) is 35.8 Å². The Bertz CT molecular complexity index is 949. The van der Waals surface area contributed by atoms with Crippen LogP contribution in [0.2, 0.25) is 0 Å². The van der Waals surface area contributed by atoms with Gasteiger partial charge in [0.1, 0.15) is 5.75 Å². The van der Waals surface area contributed by atoms with Gasteiger partial charge in [0, 0.05) is 19.1 Å². The van der Waals surface area contributed by atoms with Crippen LogP contribution in [0.5, 0.6) is 5.75 Å². The molecule has 0 radical (unpaired) electrons. The molecule has 2 aromatic rings. The standard InChI is InChI=1S/C22H32N4O3S.HI/c1-5-23-22(24-14-18-9-8-12-21(13-18)29-4)25-15-19-10-6-7-11-20(19)16-30(27,28)26-17(2)3;/h6-13,17,26H,5,14-16H2,1-4H3,(H2,23,24,25);1H. The molecule has 0 unspecified atom stereocenters. The van der Waals surface area contributed by atoms with Gasteiger partial charge in [0.2, 0.25) is 10.0 Å². The van der Waals surface area contributed by atoms with Gasteiger partial charge in [-0.25, -0.2) is 18.1 Å². The van der Waals surface area contributed by atoms with Gasteiger partial charge < -0.3 is 15.4 Å². The summed E-state index contributed by atoms with van der Waals surface area (Å²) in [6, 6.07) is 15.2. The van der Waals surface area contributed by atoms with E-state index in [1.165, 1.54) is 0 Å². The fraction of sp³-hybridized carbons (Fsp3) is 0.409. The van der Waals surface area contributed by atoms with Crippen molar-refractivity contribution >= 4 is 40.0 Å². The smallest absolute Gasteiger partial charge is 0.216 e. The first-order chi connectivity index (χ1) is 14.3. The maximum Gasteiger partial charge on any atom is 0.216 e. The lowest BCUT2D eigenvalue weighted by molar-refractivity contribution is 0.414. The van der Waals surface area contributed by atoms with E-state index in [1.54, 1.807) is 7.11 Å². The molecular weight excluding hydrogens is 527 g/mol. The van der Waals surface area contributed by atoms with Crippen LogP contribution in [0.4, 0.5) is 0 Å². The number of methoxy groups -OCH3 is 1. The molecule has 0 atom stereocenters. The number of aliphatic imine (C=N–C) groups is 1. The van der Waals surface area contributed by atoms with E-state index in [4.69, 9.17) is 4.74 Å². The molecule has 2 aromatic carbocycles. The van der Waals surface area contributed by atoms with Gasteiger partial charge in [-0.2, -0.15) is 0 Å². The van der Waals surface area contributed by atoms with E-state index in [0.29, 0.717) is 19.0 Å². The third-order valence-electron chi connectivity index (χ3n) is 4.22. The molecule has 0 heterocycles. The monoisotopic (exact) mass is 560 g/mol. The van der Waals surface area contributed by atoms with Gasteiger partial charge in [-0.05, 0) is 49.6 Å². The molecule has 172 valence electrons. The summed E-state index contributed by atoms with van der Waals surface area (Å²) in [5.74, 6) is 1.41. The molecule has 9 heteroatoms. The Morgan fingerprint density at radius 2 is 1.77 bits per heavy atom. The molecule has 0 fully saturated rings. The van der Waals surface area contributed by atoms with E-state index >= 15 is 0 Å². The highest BCUT2D eigenvalue weighted by molar-refractivity contribution is 14.0. The van der Waals surface area contributed by atoms with Crippen LogP contribution in [-0.4, -0.2) is 34.1 Å². The first-order valence-corrected chi connectivity index (χ1v) is 11.7. The Morgan fingerprint density at radius 3 is 2.42 bits per heavy atom. The van der Waals surface area contributed by atoms with Crippen molar-refractivity contribution in [3.8, 4) is 5.75 Å². The number of halogens is 1. The highest BCUT2D eigenvalue weighted by Crippen LogP contribution is 2.14. The molecule has 7 nitrogen and oxygen atoms in total. The molecule has 0 saturated heterocycles. The molecule has 3 N–H and O–H groups in total. The van der Waals surface area contributed by atoms with Gasteiger partial charge >= 0.3 is 0 Å². The summed E-state index contributed by atoms with van der Waals surface area (Å²) in [6.07, 6.45) is 0. The number of rotatable bonds is 10. The number of hydrogen-bond acceptors (Lipinski definition) is 4. The van der Waals surface area contributed by atoms with Crippen LogP contribution in [0.1, 0.15) is 37.5 Å². The van der Waals surface area contributed by atoms with Crippen LogP contribution in [0.25, 0.3) is 0 Å². The van der Waals surface area contributed by atoms with Crippen molar-refractivity contribution in [2.75, 3.05) is 13.7 Å². The minimum atomic E-state index is -3.39. The summed E-state index contributed by atoms with van der Waals surface area (Å²) < 4.78 is 32.6. The molecule has 31 heavy (non-hydrogen) atoms. The van der Waals surface area contributed by atoms with Crippen LogP contribution in [0.15, 0.2) is 53.5 Å². The predicted molar refractivity (Wildman–Crippen MR) is 137 cm³/mol. The van der Waals surface area contributed by atoms with Crippen molar-refractivity contribution in [2.24, 2.45) is 4.99 Å². The second-order valence-corrected chi connectivity index (χ2v) is 8.95. The summed E-state index contributed by atoms with van der Waals surface area (Å²) in [6.45, 7) is 7.32. The fourth-order valence-corrected chi connectivity index (χ4v) is 4.43. The first-order valence-electron chi connectivity index (χ1n) is 10.0. The Kier molecular flexibility index (Phi) is 11.9.